The Morgan fingerprint density at radius 3 is 2.45 bits per heavy atom. The number of aryl methyl sites for hydroxylation is 1. The Bertz CT molecular complexity index is 598. The minimum absolute atomic E-state index is 0.0794. The highest BCUT2D eigenvalue weighted by Gasteiger charge is 2.24. The molecule has 0 radical (unpaired) electrons. The number of nitrogens with one attached hydrogen (secondary N) is 1. The van der Waals surface area contributed by atoms with Crippen molar-refractivity contribution in [2.75, 3.05) is 6.54 Å². The molecular weight excluding hydrogens is 285 g/mol. The zero-order valence-corrected chi connectivity index (χ0v) is 12.4. The van der Waals surface area contributed by atoms with Gasteiger partial charge in [0.15, 0.2) is 0 Å². The summed E-state index contributed by atoms with van der Waals surface area (Å²) in [6.07, 6.45) is 0. The van der Waals surface area contributed by atoms with Crippen LogP contribution in [0.1, 0.15) is 19.4 Å². The van der Waals surface area contributed by atoms with Crippen LogP contribution < -0.4 is 4.72 Å². The first-order valence-electron chi connectivity index (χ1n) is 6.13. The molecule has 1 rings (SSSR count). The van der Waals surface area contributed by atoms with E-state index in [0.717, 1.165) is 12.1 Å². The minimum Gasteiger partial charge on any atom is -0.481 e. The normalized spacial score (nSPS) is 13.4. The number of sulfonamides is 1. The summed E-state index contributed by atoms with van der Waals surface area (Å²) in [5.41, 5.74) is 0.214. The smallest absolute Gasteiger partial charge is 0.308 e. The number of hydrogen-bond donors (Lipinski definition) is 2. The van der Waals surface area contributed by atoms with Gasteiger partial charge in [0.25, 0.3) is 0 Å². The van der Waals surface area contributed by atoms with Crippen LogP contribution in [0.15, 0.2) is 23.1 Å². The van der Waals surface area contributed by atoms with E-state index in [1.165, 1.54) is 13.0 Å². The molecule has 0 heterocycles. The first kappa shape index (κ1) is 16.6. The quantitative estimate of drug-likeness (QED) is 0.839. The number of benzene rings is 1. The van der Waals surface area contributed by atoms with Gasteiger partial charge in [-0.2, -0.15) is 0 Å². The zero-order valence-electron chi connectivity index (χ0n) is 11.6. The fourth-order valence-electron chi connectivity index (χ4n) is 1.68. The number of halogens is 1. The summed E-state index contributed by atoms with van der Waals surface area (Å²) >= 11 is 0. The zero-order chi connectivity index (χ0) is 15.5. The number of aliphatic carboxylic acids is 1. The molecule has 0 spiro atoms. The molecule has 0 aromatic heterocycles. The average Bonchev–Trinajstić information content (AvgIpc) is 2.31. The second kappa shape index (κ2) is 6.32. The highest BCUT2D eigenvalue weighted by molar-refractivity contribution is 7.89. The van der Waals surface area contributed by atoms with E-state index in [-0.39, 0.29) is 22.9 Å². The number of carboxylic acids is 1. The largest absolute Gasteiger partial charge is 0.481 e. The van der Waals surface area contributed by atoms with Crippen LogP contribution in [0.2, 0.25) is 0 Å². The lowest BCUT2D eigenvalue weighted by atomic mass is 9.97. The molecule has 0 amide bonds. The van der Waals surface area contributed by atoms with Gasteiger partial charge in [0.2, 0.25) is 10.0 Å². The third kappa shape index (κ3) is 4.01. The maximum absolute atomic E-state index is 13.1. The number of carboxylic acid groups (broad SMARTS) is 1. The van der Waals surface area contributed by atoms with Crippen molar-refractivity contribution in [2.24, 2.45) is 11.8 Å². The summed E-state index contributed by atoms with van der Waals surface area (Å²) in [6.45, 7) is 4.67. The van der Waals surface area contributed by atoms with Gasteiger partial charge in [0.05, 0.1) is 10.8 Å². The van der Waals surface area contributed by atoms with Crippen molar-refractivity contribution in [1.82, 2.24) is 4.72 Å². The Morgan fingerprint density at radius 1 is 1.40 bits per heavy atom. The van der Waals surface area contributed by atoms with Gasteiger partial charge >= 0.3 is 5.97 Å². The first-order valence-corrected chi connectivity index (χ1v) is 7.62. The van der Waals surface area contributed by atoms with E-state index in [0.29, 0.717) is 0 Å². The molecule has 0 aliphatic rings. The van der Waals surface area contributed by atoms with Crippen LogP contribution in [-0.4, -0.2) is 26.0 Å². The van der Waals surface area contributed by atoms with Crippen molar-refractivity contribution in [3.05, 3.63) is 29.6 Å². The third-order valence-electron chi connectivity index (χ3n) is 3.05. The van der Waals surface area contributed by atoms with Gasteiger partial charge in [0.1, 0.15) is 5.82 Å². The monoisotopic (exact) mass is 303 g/mol. The molecule has 0 saturated carbocycles. The molecule has 1 aromatic rings. The highest BCUT2D eigenvalue weighted by Crippen LogP contribution is 2.16. The molecule has 7 heteroatoms. The van der Waals surface area contributed by atoms with Crippen LogP contribution in [-0.2, 0) is 14.8 Å². The van der Waals surface area contributed by atoms with E-state index in [2.05, 4.69) is 4.72 Å². The van der Waals surface area contributed by atoms with Crippen molar-refractivity contribution in [1.29, 1.82) is 0 Å². The van der Waals surface area contributed by atoms with Crippen LogP contribution in [0.4, 0.5) is 4.39 Å². The number of hydrogen-bond acceptors (Lipinski definition) is 3. The van der Waals surface area contributed by atoms with E-state index < -0.39 is 27.7 Å². The van der Waals surface area contributed by atoms with Crippen molar-refractivity contribution in [3.63, 3.8) is 0 Å². The summed E-state index contributed by atoms with van der Waals surface area (Å²) < 4.78 is 39.4. The summed E-state index contributed by atoms with van der Waals surface area (Å²) in [4.78, 5) is 10.9. The van der Waals surface area contributed by atoms with Crippen LogP contribution in [0.5, 0.6) is 0 Å². The Balaban J connectivity index is 2.89. The van der Waals surface area contributed by atoms with E-state index in [1.54, 1.807) is 13.8 Å². The Kier molecular flexibility index (Phi) is 5.24. The first-order chi connectivity index (χ1) is 9.15. The van der Waals surface area contributed by atoms with E-state index in [1.807, 2.05) is 0 Å². The van der Waals surface area contributed by atoms with Crippen LogP contribution in [0.25, 0.3) is 0 Å². The molecule has 2 N–H and O–H groups in total. The second-order valence-electron chi connectivity index (χ2n) is 4.95. The van der Waals surface area contributed by atoms with Crippen LogP contribution in [0.3, 0.4) is 0 Å². The van der Waals surface area contributed by atoms with Gasteiger partial charge in [-0.15, -0.1) is 0 Å². The lowest BCUT2D eigenvalue weighted by Crippen LogP contribution is -2.35. The molecule has 1 atom stereocenters. The highest BCUT2D eigenvalue weighted by atomic mass is 32.2. The topological polar surface area (TPSA) is 83.5 Å². The van der Waals surface area contributed by atoms with Crippen molar-refractivity contribution < 1.29 is 22.7 Å². The molecule has 0 aliphatic heterocycles. The van der Waals surface area contributed by atoms with Gasteiger partial charge in [0, 0.05) is 6.54 Å². The minimum atomic E-state index is -3.84. The molecule has 20 heavy (non-hydrogen) atoms. The summed E-state index contributed by atoms with van der Waals surface area (Å²) in [5.74, 6) is -2.57. The second-order valence-corrected chi connectivity index (χ2v) is 6.72. The summed E-state index contributed by atoms with van der Waals surface area (Å²) in [6, 6.07) is 3.43. The molecule has 0 aliphatic carbocycles. The molecule has 112 valence electrons. The van der Waals surface area contributed by atoms with Crippen LogP contribution >= 0.6 is 0 Å². The standard InChI is InChI=1S/C13H18FNO4S/c1-8(2)11(13(16)17)7-15-20(18,19)10-4-5-12(14)9(3)6-10/h4-6,8,11,15H,7H2,1-3H3,(H,16,17). The van der Waals surface area contributed by atoms with Crippen molar-refractivity contribution in [3.8, 4) is 0 Å². The summed E-state index contributed by atoms with van der Waals surface area (Å²) in [5, 5.41) is 9.01. The summed E-state index contributed by atoms with van der Waals surface area (Å²) in [7, 11) is -3.84. The maximum atomic E-state index is 13.1. The molecule has 1 aromatic carbocycles. The lowest BCUT2D eigenvalue weighted by Gasteiger charge is -2.17. The number of carbonyl (C=O) groups is 1. The fourth-order valence-corrected chi connectivity index (χ4v) is 2.82. The molecule has 0 bridgehead atoms. The third-order valence-corrected chi connectivity index (χ3v) is 4.48. The van der Waals surface area contributed by atoms with Crippen LogP contribution in [0, 0.1) is 24.6 Å². The van der Waals surface area contributed by atoms with E-state index in [4.69, 9.17) is 5.11 Å². The SMILES string of the molecule is Cc1cc(S(=O)(=O)NCC(C(=O)O)C(C)C)ccc1F. The van der Waals surface area contributed by atoms with Gasteiger partial charge < -0.3 is 5.11 Å². The molecule has 0 saturated heterocycles. The maximum Gasteiger partial charge on any atom is 0.308 e. The van der Waals surface area contributed by atoms with Gasteiger partial charge in [-0.05, 0) is 36.6 Å². The predicted molar refractivity (Wildman–Crippen MR) is 72.3 cm³/mol. The molecule has 0 fully saturated rings. The Labute approximate surface area is 117 Å². The predicted octanol–water partition coefficient (Wildman–Crippen LogP) is 1.77. The van der Waals surface area contributed by atoms with Gasteiger partial charge in [-0.1, -0.05) is 13.8 Å². The molecule has 1 unspecified atom stereocenters. The van der Waals surface area contributed by atoms with Crippen molar-refractivity contribution >= 4 is 16.0 Å². The molecule has 5 nitrogen and oxygen atoms in total. The van der Waals surface area contributed by atoms with Gasteiger partial charge in [-0.25, -0.2) is 17.5 Å². The fraction of sp³-hybridized carbons (Fsp3) is 0.462. The average molecular weight is 303 g/mol. The Morgan fingerprint density at radius 2 is 2.00 bits per heavy atom. The Hall–Kier alpha value is -1.47. The lowest BCUT2D eigenvalue weighted by molar-refractivity contribution is -0.142. The van der Waals surface area contributed by atoms with E-state index >= 15 is 0 Å². The van der Waals surface area contributed by atoms with Gasteiger partial charge in [-0.3, -0.25) is 4.79 Å². The van der Waals surface area contributed by atoms with Crippen molar-refractivity contribution in [2.45, 2.75) is 25.7 Å². The van der Waals surface area contributed by atoms with E-state index in [9.17, 15) is 17.6 Å². The molecular formula is C13H18FNO4S. The number of rotatable bonds is 6.